The molecule has 0 bridgehead atoms. The second kappa shape index (κ2) is 10.4. The first-order valence-electron chi connectivity index (χ1n) is 15.5. The molecule has 1 spiro atoms. The van der Waals surface area contributed by atoms with Gasteiger partial charge < -0.3 is 24.7 Å². The van der Waals surface area contributed by atoms with E-state index in [4.69, 9.17) is 10.1 Å². The molecule has 11 nitrogen and oxygen atoms in total. The number of amides is 2. The number of rotatable bonds is 5. The molecule has 232 valence electrons. The molecule has 1 N–H and O–H groups in total. The van der Waals surface area contributed by atoms with Crippen LogP contribution in [0.1, 0.15) is 42.2 Å². The van der Waals surface area contributed by atoms with Crippen molar-refractivity contribution in [1.29, 1.82) is 5.26 Å². The molecule has 2 amide bonds. The van der Waals surface area contributed by atoms with Crippen LogP contribution in [0.2, 0.25) is 0 Å². The molecule has 0 atom stereocenters. The summed E-state index contributed by atoms with van der Waals surface area (Å²) < 4.78 is 17.5. The quantitative estimate of drug-likeness (QED) is 0.317. The third-order valence-electron chi connectivity index (χ3n) is 9.76. The van der Waals surface area contributed by atoms with Crippen LogP contribution in [0.3, 0.4) is 0 Å². The second-order valence-corrected chi connectivity index (χ2v) is 14.0. The number of thiazole rings is 1. The number of likely N-dealkylation sites (tertiary alicyclic amines) is 2. The zero-order chi connectivity index (χ0) is 31.0. The maximum Gasteiger partial charge on any atom is 0.320 e. The van der Waals surface area contributed by atoms with Gasteiger partial charge in [0.2, 0.25) is 5.95 Å². The Morgan fingerprint density at radius 1 is 1.13 bits per heavy atom. The smallest absolute Gasteiger partial charge is 0.320 e. The lowest BCUT2D eigenvalue weighted by Crippen LogP contribution is -2.67. The summed E-state index contributed by atoms with van der Waals surface area (Å²) in [6, 6.07) is 12.4. The van der Waals surface area contributed by atoms with Crippen LogP contribution < -0.4 is 9.80 Å². The second-order valence-electron chi connectivity index (χ2n) is 13.1. The Labute approximate surface area is 264 Å². The number of aryl methyl sites for hydroxylation is 1. The molecule has 1 aromatic carbocycles. The average Bonchev–Trinajstić information content (AvgIpc) is 3.66. The fraction of sp³-hybridized carbons (Fsp3) is 0.469. The molecule has 4 fully saturated rings. The Morgan fingerprint density at radius 2 is 1.84 bits per heavy atom. The average molecular weight is 628 g/mol. The first kappa shape index (κ1) is 28.2. The number of carbonyl (C=O) groups excluding carboxylic acids is 1. The first-order valence-corrected chi connectivity index (χ1v) is 16.3. The molecule has 45 heavy (non-hydrogen) atoms. The summed E-state index contributed by atoms with van der Waals surface area (Å²) >= 11 is 1.33. The van der Waals surface area contributed by atoms with E-state index in [0.717, 1.165) is 48.0 Å². The van der Waals surface area contributed by atoms with Gasteiger partial charge in [0.05, 0.1) is 36.3 Å². The van der Waals surface area contributed by atoms with E-state index in [1.807, 2.05) is 58.8 Å². The molecule has 3 aromatic heterocycles. The van der Waals surface area contributed by atoms with Crippen molar-refractivity contribution >= 4 is 45.0 Å². The topological polar surface area (TPSA) is 118 Å². The molecule has 4 aromatic rings. The number of aliphatic hydroxyl groups is 1. The third kappa shape index (κ3) is 4.78. The predicted octanol–water partition coefficient (Wildman–Crippen LogP) is 4.68. The number of nitriles is 1. The number of piperidine rings is 1. The zero-order valence-electron chi connectivity index (χ0n) is 25.3. The van der Waals surface area contributed by atoms with Gasteiger partial charge in [0, 0.05) is 44.2 Å². The minimum atomic E-state index is -0.530. The lowest BCUT2D eigenvalue weighted by Gasteiger charge is -2.55. The summed E-state index contributed by atoms with van der Waals surface area (Å²) in [5, 5.41) is 25.6. The molecular formula is C32H34FN9O2S. The number of fused-ring (bicyclic) bond motifs is 1. The van der Waals surface area contributed by atoms with Gasteiger partial charge in [0.1, 0.15) is 22.5 Å². The molecule has 1 aliphatic carbocycles. The highest BCUT2D eigenvalue weighted by Crippen LogP contribution is 2.46. The van der Waals surface area contributed by atoms with Crippen molar-refractivity contribution < 1.29 is 14.3 Å². The number of hydrogen-bond donors (Lipinski definition) is 1. The van der Waals surface area contributed by atoms with Gasteiger partial charge in [0.25, 0.3) is 0 Å². The molecule has 4 aliphatic rings. The molecule has 3 saturated heterocycles. The third-order valence-corrected chi connectivity index (χ3v) is 10.8. The van der Waals surface area contributed by atoms with Gasteiger partial charge >= 0.3 is 6.03 Å². The number of benzene rings is 1. The summed E-state index contributed by atoms with van der Waals surface area (Å²) in [7, 11) is 1.92. The SMILES string of the molecule is Cc1ccc(-c2nc(N(C)c3c4cc(N5CCC6(CC5)CN(C(=O)N5CC(O)C5)C6)c(F)nc4nn3C3CC3)sc2C#N)cc1. The highest BCUT2D eigenvalue weighted by Gasteiger charge is 2.49. The van der Waals surface area contributed by atoms with E-state index in [9.17, 15) is 15.2 Å². The molecule has 0 unspecified atom stereocenters. The Morgan fingerprint density at radius 3 is 2.49 bits per heavy atom. The lowest BCUT2D eigenvalue weighted by molar-refractivity contribution is -0.0311. The maximum absolute atomic E-state index is 15.6. The van der Waals surface area contributed by atoms with E-state index in [-0.39, 0.29) is 17.5 Å². The van der Waals surface area contributed by atoms with Crippen molar-refractivity contribution in [3.8, 4) is 17.3 Å². The fourth-order valence-corrected chi connectivity index (χ4v) is 7.74. The minimum absolute atomic E-state index is 0.00600. The van der Waals surface area contributed by atoms with E-state index < -0.39 is 12.1 Å². The van der Waals surface area contributed by atoms with Crippen LogP contribution >= 0.6 is 11.3 Å². The number of pyridine rings is 1. The van der Waals surface area contributed by atoms with Crippen molar-refractivity contribution in [3.63, 3.8) is 0 Å². The van der Waals surface area contributed by atoms with Gasteiger partial charge in [0.15, 0.2) is 10.8 Å². The van der Waals surface area contributed by atoms with Gasteiger partial charge in [-0.3, -0.25) is 0 Å². The first-order chi connectivity index (χ1) is 21.7. The number of halogens is 1. The number of hydrogen-bond acceptors (Lipinski definition) is 9. The molecule has 1 saturated carbocycles. The van der Waals surface area contributed by atoms with Crippen LogP contribution in [0.25, 0.3) is 22.3 Å². The summed E-state index contributed by atoms with van der Waals surface area (Å²) in [5.74, 6) is 0.269. The van der Waals surface area contributed by atoms with Gasteiger partial charge in [-0.05, 0) is 38.7 Å². The van der Waals surface area contributed by atoms with Crippen molar-refractivity contribution in [1.82, 2.24) is 29.5 Å². The number of nitrogens with zero attached hydrogens (tertiary/aromatic N) is 9. The summed E-state index contributed by atoms with van der Waals surface area (Å²) in [5.41, 5.74) is 3.56. The van der Waals surface area contributed by atoms with Crippen molar-refractivity contribution in [3.05, 3.63) is 46.7 Å². The number of aromatic nitrogens is 4. The van der Waals surface area contributed by atoms with E-state index in [2.05, 4.69) is 16.0 Å². The van der Waals surface area contributed by atoms with Crippen LogP contribution in [0, 0.1) is 29.6 Å². The van der Waals surface area contributed by atoms with Gasteiger partial charge in [-0.25, -0.2) is 14.5 Å². The fourth-order valence-electron chi connectivity index (χ4n) is 6.89. The number of anilines is 3. The Bertz CT molecular complexity index is 1840. The standard InChI is InChI=1S/C32H34FN9O2S/c1-19-3-5-20(6-4-19)26-25(14-34)45-30(35-26)38(2)29-23-13-24(27(33)36-28(23)37-42(29)21-7-8-21)39-11-9-32(10-12-39)17-41(18-32)31(44)40-15-22(43)16-40/h3-6,13,21-22,43H,7-12,15-18H2,1-2H3. The van der Waals surface area contributed by atoms with Crippen molar-refractivity contribution in [2.24, 2.45) is 5.41 Å². The molecule has 6 heterocycles. The Hall–Kier alpha value is -4.28. The zero-order valence-corrected chi connectivity index (χ0v) is 26.1. The summed E-state index contributed by atoms with van der Waals surface area (Å²) in [4.78, 5) is 30.0. The number of aliphatic hydroxyl groups excluding tert-OH is 1. The minimum Gasteiger partial charge on any atom is -0.389 e. The normalized spacial score (nSPS) is 19.5. The van der Waals surface area contributed by atoms with Crippen LogP contribution in [0.5, 0.6) is 0 Å². The molecule has 13 heteroatoms. The highest BCUT2D eigenvalue weighted by molar-refractivity contribution is 7.16. The number of urea groups is 1. The maximum atomic E-state index is 15.6. The monoisotopic (exact) mass is 627 g/mol. The highest BCUT2D eigenvalue weighted by atomic mass is 32.1. The van der Waals surface area contributed by atoms with Crippen LogP contribution in [-0.4, -0.2) is 93.1 Å². The Kier molecular flexibility index (Phi) is 6.51. The van der Waals surface area contributed by atoms with Crippen LogP contribution in [0.4, 0.5) is 25.8 Å². The summed E-state index contributed by atoms with van der Waals surface area (Å²) in [6.07, 6.45) is 3.31. The van der Waals surface area contributed by atoms with E-state index in [0.29, 0.717) is 66.3 Å². The van der Waals surface area contributed by atoms with Gasteiger partial charge in [-0.15, -0.1) is 0 Å². The lowest BCUT2D eigenvalue weighted by atomic mass is 9.72. The van der Waals surface area contributed by atoms with E-state index in [1.165, 1.54) is 11.3 Å². The molecule has 8 rings (SSSR count). The molecule has 0 radical (unpaired) electrons. The van der Waals surface area contributed by atoms with Crippen LogP contribution in [-0.2, 0) is 0 Å². The van der Waals surface area contributed by atoms with Gasteiger partial charge in [-0.2, -0.15) is 19.7 Å². The van der Waals surface area contributed by atoms with Gasteiger partial charge in [-0.1, -0.05) is 41.2 Å². The summed E-state index contributed by atoms with van der Waals surface area (Å²) in [6.45, 7) is 5.61. The Balaban J connectivity index is 1.06. The molecular weight excluding hydrogens is 593 g/mol. The number of carbonyl (C=O) groups is 1. The van der Waals surface area contributed by atoms with Crippen LogP contribution in [0.15, 0.2) is 30.3 Å². The number of β-amino-alcohol motifs (C(OH)–C–C–N with tert-alkyl or cyclic N) is 1. The van der Waals surface area contributed by atoms with Crippen molar-refractivity contribution in [2.45, 2.75) is 44.8 Å². The van der Waals surface area contributed by atoms with E-state index in [1.54, 1.807) is 4.90 Å². The van der Waals surface area contributed by atoms with Crippen molar-refractivity contribution in [2.75, 3.05) is 56.1 Å². The van der Waals surface area contributed by atoms with E-state index >= 15 is 4.39 Å². The predicted molar refractivity (Wildman–Crippen MR) is 169 cm³/mol. The largest absolute Gasteiger partial charge is 0.389 e. The molecule has 3 aliphatic heterocycles.